The summed E-state index contributed by atoms with van der Waals surface area (Å²) < 4.78 is 15.4. The first-order valence-corrected chi connectivity index (χ1v) is 9.80. The lowest BCUT2D eigenvalue weighted by atomic mass is 10.2. The Morgan fingerprint density at radius 3 is 2.81 bits per heavy atom. The van der Waals surface area contributed by atoms with Gasteiger partial charge in [0.15, 0.2) is 17.0 Å². The molecule has 0 bridgehead atoms. The van der Waals surface area contributed by atoms with Gasteiger partial charge in [0.1, 0.15) is 17.2 Å². The highest BCUT2D eigenvalue weighted by molar-refractivity contribution is 5.83. The lowest BCUT2D eigenvalue weighted by Gasteiger charge is -2.20. The van der Waals surface area contributed by atoms with Crippen LogP contribution in [0.4, 0.5) is 16.2 Å². The maximum atomic E-state index is 14.0. The maximum absolute atomic E-state index is 14.0. The summed E-state index contributed by atoms with van der Waals surface area (Å²) in [6, 6.07) is 8.75. The topological polar surface area (TPSA) is 140 Å². The van der Waals surface area contributed by atoms with Gasteiger partial charge in [-0.1, -0.05) is 6.07 Å². The molecule has 1 aromatic carbocycles. The molecule has 4 N–H and O–H groups in total. The van der Waals surface area contributed by atoms with Crippen molar-refractivity contribution in [1.82, 2.24) is 34.5 Å². The molecule has 1 unspecified atom stereocenters. The molecule has 5 rings (SSSR count). The Morgan fingerprint density at radius 2 is 2.00 bits per heavy atom. The summed E-state index contributed by atoms with van der Waals surface area (Å²) in [4.78, 5) is 37.9. The molecular formula is C21H18FN9O. The van der Waals surface area contributed by atoms with Gasteiger partial charge in [-0.25, -0.2) is 19.3 Å². The SMILES string of the molecule is Cc1ccc2nc(C(C)Nc3nc(N)nc4nc[nH]c34)n(-c3cccc(F)c3)c(=O)c2n1. The van der Waals surface area contributed by atoms with E-state index in [-0.39, 0.29) is 11.5 Å². The predicted molar refractivity (Wildman–Crippen MR) is 118 cm³/mol. The van der Waals surface area contributed by atoms with Gasteiger partial charge in [0.25, 0.3) is 5.56 Å². The summed E-state index contributed by atoms with van der Waals surface area (Å²) in [7, 11) is 0. The highest BCUT2D eigenvalue weighted by atomic mass is 19.1. The molecule has 160 valence electrons. The number of aromatic nitrogens is 7. The van der Waals surface area contributed by atoms with Crippen LogP contribution < -0.4 is 16.6 Å². The number of rotatable bonds is 4. The van der Waals surface area contributed by atoms with Gasteiger partial charge in [-0.05, 0) is 44.2 Å². The Bertz CT molecular complexity index is 1540. The van der Waals surface area contributed by atoms with Gasteiger partial charge >= 0.3 is 0 Å². The summed E-state index contributed by atoms with van der Waals surface area (Å²) in [5, 5.41) is 3.22. The number of hydrogen-bond acceptors (Lipinski definition) is 8. The summed E-state index contributed by atoms with van der Waals surface area (Å²) in [6.07, 6.45) is 1.49. The van der Waals surface area contributed by atoms with Crippen LogP contribution in [-0.2, 0) is 0 Å². The van der Waals surface area contributed by atoms with Gasteiger partial charge in [0.05, 0.1) is 23.6 Å². The quantitative estimate of drug-likeness (QED) is 0.394. The van der Waals surface area contributed by atoms with E-state index in [1.165, 1.54) is 29.1 Å². The first kappa shape index (κ1) is 19.5. The van der Waals surface area contributed by atoms with Gasteiger partial charge in [-0.3, -0.25) is 9.36 Å². The van der Waals surface area contributed by atoms with E-state index in [1.54, 1.807) is 25.1 Å². The smallest absolute Gasteiger partial charge is 0.284 e. The van der Waals surface area contributed by atoms with E-state index in [1.807, 2.05) is 6.92 Å². The van der Waals surface area contributed by atoms with Crippen molar-refractivity contribution in [3.8, 4) is 5.69 Å². The van der Waals surface area contributed by atoms with E-state index < -0.39 is 17.4 Å². The minimum Gasteiger partial charge on any atom is -0.368 e. The zero-order valence-corrected chi connectivity index (χ0v) is 17.2. The highest BCUT2D eigenvalue weighted by Crippen LogP contribution is 2.24. The molecule has 0 aliphatic heterocycles. The summed E-state index contributed by atoms with van der Waals surface area (Å²) in [6.45, 7) is 3.60. The molecule has 0 radical (unpaired) electrons. The van der Waals surface area contributed by atoms with E-state index in [4.69, 9.17) is 5.73 Å². The van der Waals surface area contributed by atoms with Crippen LogP contribution in [0.2, 0.25) is 0 Å². The molecule has 11 heteroatoms. The van der Waals surface area contributed by atoms with E-state index in [9.17, 15) is 9.18 Å². The Balaban J connectivity index is 1.71. The normalized spacial score (nSPS) is 12.3. The third-order valence-electron chi connectivity index (χ3n) is 4.99. The second-order valence-electron chi connectivity index (χ2n) is 7.31. The minimum absolute atomic E-state index is 0.0490. The number of H-pyrrole nitrogens is 1. The van der Waals surface area contributed by atoms with Crippen LogP contribution >= 0.6 is 0 Å². The number of nitrogens with one attached hydrogen (secondary N) is 2. The number of aryl methyl sites for hydroxylation is 1. The van der Waals surface area contributed by atoms with Crippen LogP contribution in [0.3, 0.4) is 0 Å². The minimum atomic E-state index is -0.530. The second-order valence-corrected chi connectivity index (χ2v) is 7.31. The molecule has 0 aliphatic rings. The molecule has 0 aliphatic carbocycles. The molecule has 4 heterocycles. The molecule has 1 atom stereocenters. The number of nitrogens with zero attached hydrogens (tertiary/aromatic N) is 6. The zero-order valence-electron chi connectivity index (χ0n) is 17.2. The number of fused-ring (bicyclic) bond motifs is 2. The average Bonchev–Trinajstić information content (AvgIpc) is 3.22. The number of benzene rings is 1. The Morgan fingerprint density at radius 1 is 1.16 bits per heavy atom. The molecule has 32 heavy (non-hydrogen) atoms. The third kappa shape index (κ3) is 3.29. The van der Waals surface area contributed by atoms with Crippen molar-refractivity contribution in [2.45, 2.75) is 19.9 Å². The van der Waals surface area contributed by atoms with Gasteiger partial charge in [0.2, 0.25) is 5.95 Å². The van der Waals surface area contributed by atoms with E-state index in [0.717, 1.165) is 0 Å². The number of pyridine rings is 1. The standard InChI is InChI=1S/C21H18FN9O/c1-10-6-7-14-15(26-10)20(32)31(13-5-3-4-12(22)8-13)19(28-14)11(2)27-18-16-17(25-9-24-16)29-21(23)30-18/h3-9,11H,1-2H3,(H4,23,24,25,27,29,30). The molecule has 4 aromatic heterocycles. The summed E-state index contributed by atoms with van der Waals surface area (Å²) in [5.41, 5.74) is 8.03. The van der Waals surface area contributed by atoms with Gasteiger partial charge in [0, 0.05) is 5.69 Å². The molecule has 0 spiro atoms. The summed E-state index contributed by atoms with van der Waals surface area (Å²) in [5.74, 6) is 0.331. The van der Waals surface area contributed by atoms with Crippen molar-refractivity contribution in [3.63, 3.8) is 0 Å². The number of aromatic amines is 1. The number of imidazole rings is 1. The van der Waals surface area contributed by atoms with Crippen LogP contribution in [0, 0.1) is 12.7 Å². The second kappa shape index (κ2) is 7.38. The fourth-order valence-electron chi connectivity index (χ4n) is 3.56. The van der Waals surface area contributed by atoms with Gasteiger partial charge in [-0.2, -0.15) is 9.97 Å². The largest absolute Gasteiger partial charge is 0.368 e. The lowest BCUT2D eigenvalue weighted by Crippen LogP contribution is -2.28. The predicted octanol–water partition coefficient (Wildman–Crippen LogP) is 2.65. The van der Waals surface area contributed by atoms with Crippen LogP contribution in [0.1, 0.15) is 24.5 Å². The average molecular weight is 431 g/mol. The highest BCUT2D eigenvalue weighted by Gasteiger charge is 2.21. The summed E-state index contributed by atoms with van der Waals surface area (Å²) >= 11 is 0. The lowest BCUT2D eigenvalue weighted by molar-refractivity contribution is 0.624. The van der Waals surface area contributed by atoms with Crippen molar-refractivity contribution in [1.29, 1.82) is 0 Å². The van der Waals surface area contributed by atoms with Crippen LogP contribution in [0.15, 0.2) is 47.5 Å². The van der Waals surface area contributed by atoms with Crippen molar-refractivity contribution in [2.24, 2.45) is 0 Å². The Kier molecular flexibility index (Phi) is 4.51. The van der Waals surface area contributed by atoms with E-state index in [0.29, 0.717) is 39.7 Å². The van der Waals surface area contributed by atoms with Crippen LogP contribution in [-0.4, -0.2) is 34.5 Å². The number of nitrogens with two attached hydrogens (primary N) is 1. The molecule has 0 amide bonds. The first-order valence-electron chi connectivity index (χ1n) is 9.80. The molecule has 10 nitrogen and oxygen atoms in total. The van der Waals surface area contributed by atoms with Crippen molar-refractivity contribution in [2.75, 3.05) is 11.1 Å². The monoisotopic (exact) mass is 431 g/mol. The Labute approximate surface area is 180 Å². The van der Waals surface area contributed by atoms with E-state index in [2.05, 4.69) is 35.2 Å². The Hall–Kier alpha value is -4.41. The van der Waals surface area contributed by atoms with Crippen LogP contribution in [0.25, 0.3) is 27.9 Å². The fourth-order valence-corrected chi connectivity index (χ4v) is 3.56. The molecule has 0 fully saturated rings. The molecule has 0 saturated carbocycles. The zero-order chi connectivity index (χ0) is 22.4. The van der Waals surface area contributed by atoms with Gasteiger partial charge in [-0.15, -0.1) is 0 Å². The van der Waals surface area contributed by atoms with E-state index >= 15 is 0 Å². The van der Waals surface area contributed by atoms with Crippen molar-refractivity contribution in [3.05, 3.63) is 70.4 Å². The van der Waals surface area contributed by atoms with Crippen molar-refractivity contribution >= 4 is 34.0 Å². The fraction of sp³-hybridized carbons (Fsp3) is 0.143. The third-order valence-corrected chi connectivity index (χ3v) is 4.99. The van der Waals surface area contributed by atoms with Crippen molar-refractivity contribution < 1.29 is 4.39 Å². The molecular weight excluding hydrogens is 413 g/mol. The maximum Gasteiger partial charge on any atom is 0.284 e. The number of anilines is 2. The number of halogens is 1. The number of nitrogen functional groups attached to an aromatic ring is 1. The number of hydrogen-bond donors (Lipinski definition) is 3. The molecule has 5 aromatic rings. The molecule has 0 saturated heterocycles. The first-order chi connectivity index (χ1) is 15.4. The van der Waals surface area contributed by atoms with Gasteiger partial charge < -0.3 is 16.0 Å². The van der Waals surface area contributed by atoms with Crippen LogP contribution in [0.5, 0.6) is 0 Å².